The number of nitrogens with zero attached hydrogens (tertiary/aromatic N) is 4. The predicted molar refractivity (Wildman–Crippen MR) is 122 cm³/mol. The zero-order valence-electron chi connectivity index (χ0n) is 17.0. The fourth-order valence-electron chi connectivity index (χ4n) is 3.55. The van der Waals surface area contributed by atoms with Crippen LogP contribution in [0.4, 0.5) is 4.39 Å². The molecular weight excluding hydrogens is 427 g/mol. The van der Waals surface area contributed by atoms with E-state index < -0.39 is 5.82 Å². The van der Waals surface area contributed by atoms with Gasteiger partial charge in [0, 0.05) is 5.56 Å². The van der Waals surface area contributed by atoms with E-state index in [-0.39, 0.29) is 17.1 Å². The minimum atomic E-state index is -0.391. The largest absolute Gasteiger partial charge is 0.293 e. The summed E-state index contributed by atoms with van der Waals surface area (Å²) in [6.07, 6.45) is 0. The standard InChI is InChI=1S/C24H17FN4O2S/c1-15-6-12-18(13-7-15)28-22(31)19-4-2-3-5-20(19)29-23(28)26-27-24(29)32-14-21(30)16-8-10-17(25)11-9-16/h2-13H,14H2,1H3. The Morgan fingerprint density at radius 2 is 1.69 bits per heavy atom. The van der Waals surface area contributed by atoms with E-state index in [0.717, 1.165) is 5.56 Å². The van der Waals surface area contributed by atoms with Crippen molar-refractivity contribution in [3.05, 3.63) is 100 Å². The molecule has 0 saturated carbocycles. The molecule has 0 amide bonds. The van der Waals surface area contributed by atoms with Gasteiger partial charge >= 0.3 is 0 Å². The van der Waals surface area contributed by atoms with E-state index in [9.17, 15) is 14.0 Å². The van der Waals surface area contributed by atoms with Crippen LogP contribution in [0.1, 0.15) is 15.9 Å². The molecule has 158 valence electrons. The van der Waals surface area contributed by atoms with Crippen LogP contribution < -0.4 is 5.56 Å². The Labute approximate surface area is 186 Å². The fourth-order valence-corrected chi connectivity index (χ4v) is 4.38. The van der Waals surface area contributed by atoms with Gasteiger partial charge in [-0.2, -0.15) is 0 Å². The first-order valence-corrected chi connectivity index (χ1v) is 10.9. The Bertz CT molecular complexity index is 1520. The van der Waals surface area contributed by atoms with Crippen LogP contribution in [0.2, 0.25) is 0 Å². The van der Waals surface area contributed by atoms with Gasteiger partial charge in [0.2, 0.25) is 5.78 Å². The maximum absolute atomic E-state index is 13.3. The van der Waals surface area contributed by atoms with Crippen molar-refractivity contribution in [1.82, 2.24) is 19.2 Å². The Morgan fingerprint density at radius 1 is 0.969 bits per heavy atom. The molecule has 0 atom stereocenters. The van der Waals surface area contributed by atoms with E-state index >= 15 is 0 Å². The molecule has 0 spiro atoms. The number of rotatable bonds is 5. The van der Waals surface area contributed by atoms with Gasteiger partial charge in [-0.1, -0.05) is 41.6 Å². The molecule has 0 radical (unpaired) electrons. The number of hydrogen-bond acceptors (Lipinski definition) is 5. The number of aromatic nitrogens is 4. The Kier molecular flexibility index (Phi) is 5.07. The SMILES string of the molecule is Cc1ccc(-n2c(=O)c3ccccc3n3c(SCC(=O)c4ccc(F)cc4)nnc23)cc1. The third-order valence-electron chi connectivity index (χ3n) is 5.19. The van der Waals surface area contributed by atoms with Crippen molar-refractivity contribution in [2.24, 2.45) is 0 Å². The minimum Gasteiger partial charge on any atom is -0.293 e. The second kappa shape index (κ2) is 8.05. The summed E-state index contributed by atoms with van der Waals surface area (Å²) in [6, 6.07) is 20.3. The topological polar surface area (TPSA) is 69.3 Å². The average molecular weight is 444 g/mol. The van der Waals surface area contributed by atoms with Crippen LogP contribution in [-0.2, 0) is 0 Å². The molecule has 8 heteroatoms. The summed E-state index contributed by atoms with van der Waals surface area (Å²) in [5.74, 6) is -0.0693. The highest BCUT2D eigenvalue weighted by Crippen LogP contribution is 2.24. The molecule has 5 rings (SSSR count). The van der Waals surface area contributed by atoms with Gasteiger partial charge in [-0.25, -0.2) is 8.96 Å². The Hall–Kier alpha value is -3.78. The van der Waals surface area contributed by atoms with E-state index in [4.69, 9.17) is 0 Å². The van der Waals surface area contributed by atoms with Crippen molar-refractivity contribution in [2.45, 2.75) is 12.1 Å². The number of carbonyl (C=O) groups is 1. The Balaban J connectivity index is 1.62. The lowest BCUT2D eigenvalue weighted by atomic mass is 10.1. The van der Waals surface area contributed by atoms with Crippen molar-refractivity contribution in [3.8, 4) is 5.69 Å². The number of ketones is 1. The van der Waals surface area contributed by atoms with Crippen LogP contribution >= 0.6 is 11.8 Å². The van der Waals surface area contributed by atoms with Crippen molar-refractivity contribution in [2.75, 3.05) is 5.75 Å². The van der Waals surface area contributed by atoms with Crippen molar-refractivity contribution < 1.29 is 9.18 Å². The predicted octanol–water partition coefficient (Wildman–Crippen LogP) is 4.46. The lowest BCUT2D eigenvalue weighted by Crippen LogP contribution is -2.21. The summed E-state index contributed by atoms with van der Waals surface area (Å²) in [5, 5.41) is 9.57. The lowest BCUT2D eigenvalue weighted by molar-refractivity contribution is 0.102. The maximum Gasteiger partial charge on any atom is 0.267 e. The van der Waals surface area contributed by atoms with Gasteiger partial charge in [0.1, 0.15) is 5.82 Å². The first-order chi connectivity index (χ1) is 15.5. The van der Waals surface area contributed by atoms with Crippen LogP contribution in [0.25, 0.3) is 22.4 Å². The van der Waals surface area contributed by atoms with Crippen LogP contribution in [-0.4, -0.2) is 30.7 Å². The second-order valence-electron chi connectivity index (χ2n) is 7.33. The zero-order valence-corrected chi connectivity index (χ0v) is 17.8. The van der Waals surface area contributed by atoms with Crippen LogP contribution in [0.3, 0.4) is 0 Å². The number of thioether (sulfide) groups is 1. The maximum atomic E-state index is 13.3. The van der Waals surface area contributed by atoms with Gasteiger partial charge in [0.05, 0.1) is 22.3 Å². The van der Waals surface area contributed by atoms with Gasteiger partial charge in [-0.05, 0) is 55.5 Å². The molecule has 0 unspecified atom stereocenters. The van der Waals surface area contributed by atoms with Crippen LogP contribution in [0.15, 0.2) is 82.7 Å². The quantitative estimate of drug-likeness (QED) is 0.296. The van der Waals surface area contributed by atoms with Gasteiger partial charge in [-0.3, -0.25) is 14.0 Å². The molecule has 0 saturated heterocycles. The molecule has 0 fully saturated rings. The van der Waals surface area contributed by atoms with Gasteiger partial charge in [0.25, 0.3) is 5.56 Å². The summed E-state index contributed by atoms with van der Waals surface area (Å²) in [6.45, 7) is 1.98. The third kappa shape index (κ3) is 3.48. The van der Waals surface area contributed by atoms with E-state index in [1.54, 1.807) is 10.5 Å². The first-order valence-electron chi connectivity index (χ1n) is 9.90. The molecule has 2 aromatic heterocycles. The van der Waals surface area contributed by atoms with E-state index in [2.05, 4.69) is 10.2 Å². The van der Waals surface area contributed by atoms with Gasteiger partial charge < -0.3 is 0 Å². The normalized spacial score (nSPS) is 11.3. The summed E-state index contributed by atoms with van der Waals surface area (Å²) in [4.78, 5) is 25.9. The van der Waals surface area contributed by atoms with E-state index in [1.165, 1.54) is 40.6 Å². The zero-order chi connectivity index (χ0) is 22.2. The molecule has 0 N–H and O–H groups in total. The average Bonchev–Trinajstić information content (AvgIpc) is 3.23. The monoisotopic (exact) mass is 444 g/mol. The molecule has 5 aromatic rings. The molecule has 32 heavy (non-hydrogen) atoms. The first kappa shape index (κ1) is 20.1. The molecule has 0 bridgehead atoms. The highest BCUT2D eigenvalue weighted by Gasteiger charge is 2.19. The highest BCUT2D eigenvalue weighted by atomic mass is 32.2. The number of halogens is 1. The summed E-state index contributed by atoms with van der Waals surface area (Å²) >= 11 is 1.22. The Morgan fingerprint density at radius 3 is 2.44 bits per heavy atom. The number of benzene rings is 3. The van der Waals surface area contributed by atoms with Gasteiger partial charge in [0.15, 0.2) is 10.9 Å². The molecule has 6 nitrogen and oxygen atoms in total. The number of fused-ring (bicyclic) bond motifs is 3. The van der Waals surface area contributed by atoms with Crippen molar-refractivity contribution >= 4 is 34.2 Å². The molecule has 0 aliphatic rings. The number of hydrogen-bond donors (Lipinski definition) is 0. The molecule has 3 aromatic carbocycles. The lowest BCUT2D eigenvalue weighted by Gasteiger charge is -2.11. The van der Waals surface area contributed by atoms with E-state index in [1.807, 2.05) is 49.4 Å². The molecular formula is C24H17FN4O2S. The summed E-state index contributed by atoms with van der Waals surface area (Å²) in [7, 11) is 0. The smallest absolute Gasteiger partial charge is 0.267 e. The second-order valence-corrected chi connectivity index (χ2v) is 8.27. The van der Waals surface area contributed by atoms with Crippen molar-refractivity contribution in [3.63, 3.8) is 0 Å². The third-order valence-corrected chi connectivity index (χ3v) is 6.11. The van der Waals surface area contributed by atoms with Gasteiger partial charge in [-0.15, -0.1) is 10.2 Å². The number of Topliss-reactive ketones (excluding diaryl/α,β-unsaturated/α-hetero) is 1. The van der Waals surface area contributed by atoms with Crippen LogP contribution in [0, 0.1) is 12.7 Å². The number of aryl methyl sites for hydroxylation is 1. The molecule has 0 aliphatic heterocycles. The highest BCUT2D eigenvalue weighted by molar-refractivity contribution is 7.99. The number of carbonyl (C=O) groups excluding carboxylic acids is 1. The number of para-hydroxylation sites is 1. The van der Waals surface area contributed by atoms with Crippen molar-refractivity contribution in [1.29, 1.82) is 0 Å². The molecule has 2 heterocycles. The minimum absolute atomic E-state index is 0.102. The summed E-state index contributed by atoms with van der Waals surface area (Å²) < 4.78 is 16.5. The fraction of sp³-hybridized carbons (Fsp3) is 0.0833. The van der Waals surface area contributed by atoms with E-state index in [0.29, 0.717) is 33.1 Å². The summed E-state index contributed by atoms with van der Waals surface area (Å²) in [5.41, 5.74) is 2.66. The van der Waals surface area contributed by atoms with Crippen LogP contribution in [0.5, 0.6) is 0 Å². The molecule has 0 aliphatic carbocycles.